The van der Waals surface area contributed by atoms with Gasteiger partial charge < -0.3 is 14.7 Å². The minimum atomic E-state index is -4.64. The first-order chi connectivity index (χ1) is 11.6. The third kappa shape index (κ3) is 4.64. The fourth-order valence-electron chi connectivity index (χ4n) is 2.81. The quantitative estimate of drug-likeness (QED) is 0.878. The molecule has 1 N–H and O–H groups in total. The summed E-state index contributed by atoms with van der Waals surface area (Å²) in [6.07, 6.45) is -4.75. The van der Waals surface area contributed by atoms with Crippen LogP contribution in [0.2, 0.25) is 0 Å². The molecule has 2 rings (SSSR count). The molecule has 1 amide bonds. The molecule has 0 saturated carbocycles. The number of hydrogen-bond donors (Lipinski definition) is 1. The normalized spacial score (nSPS) is 20.6. The van der Waals surface area contributed by atoms with Crippen molar-refractivity contribution in [1.29, 1.82) is 0 Å². The molecule has 0 aromatic heterocycles. The molecule has 0 spiro atoms. The van der Waals surface area contributed by atoms with Gasteiger partial charge in [0.2, 0.25) is 5.91 Å². The zero-order valence-electron chi connectivity index (χ0n) is 14.0. The Morgan fingerprint density at radius 1 is 1.24 bits per heavy atom. The number of carboxylic acid groups (broad SMARTS) is 1. The maximum atomic E-state index is 12.9. The number of aryl methyl sites for hydroxylation is 2. The summed E-state index contributed by atoms with van der Waals surface area (Å²) in [7, 11) is 0. The Hall–Kier alpha value is -2.25. The number of ether oxygens (including phenoxy) is 1. The maximum Gasteiger partial charge on any atom is 0.394 e. The number of nitrogens with zero attached hydrogens (tertiary/aromatic N) is 1. The number of hydrogen-bond acceptors (Lipinski definition) is 3. The summed E-state index contributed by atoms with van der Waals surface area (Å²) in [6.45, 7) is 2.84. The van der Waals surface area contributed by atoms with E-state index in [-0.39, 0.29) is 13.0 Å². The Labute approximate surface area is 143 Å². The van der Waals surface area contributed by atoms with Crippen LogP contribution in [0.1, 0.15) is 17.5 Å². The Kier molecular flexibility index (Phi) is 5.59. The Morgan fingerprint density at radius 3 is 2.44 bits per heavy atom. The van der Waals surface area contributed by atoms with E-state index in [4.69, 9.17) is 9.84 Å². The lowest BCUT2D eigenvalue weighted by Crippen LogP contribution is -2.34. The number of halogens is 3. The average Bonchev–Trinajstić information content (AvgIpc) is 2.96. The van der Waals surface area contributed by atoms with Crippen LogP contribution in [0.25, 0.3) is 0 Å². The number of carboxylic acids is 1. The van der Waals surface area contributed by atoms with Gasteiger partial charge in [0.15, 0.2) is 0 Å². The molecule has 1 saturated heterocycles. The van der Waals surface area contributed by atoms with Crippen LogP contribution in [0.4, 0.5) is 13.2 Å². The molecule has 1 aliphatic rings. The predicted molar refractivity (Wildman–Crippen MR) is 83.3 cm³/mol. The Bertz CT molecular complexity index is 660. The van der Waals surface area contributed by atoms with E-state index in [1.165, 1.54) is 0 Å². The third-order valence-corrected chi connectivity index (χ3v) is 4.47. The lowest BCUT2D eigenvalue weighted by Gasteiger charge is -2.18. The SMILES string of the molecule is Cc1ccc(OCCC(=O)N2C[C@@H](C(F)(F)F)[C@H](C(=O)O)C2)cc1C. The van der Waals surface area contributed by atoms with Crippen molar-refractivity contribution in [2.24, 2.45) is 11.8 Å². The third-order valence-electron chi connectivity index (χ3n) is 4.47. The van der Waals surface area contributed by atoms with Gasteiger partial charge in [0.25, 0.3) is 0 Å². The van der Waals surface area contributed by atoms with Gasteiger partial charge in [0.05, 0.1) is 24.9 Å². The van der Waals surface area contributed by atoms with E-state index in [2.05, 4.69) is 0 Å². The summed E-state index contributed by atoms with van der Waals surface area (Å²) >= 11 is 0. The van der Waals surface area contributed by atoms with Crippen molar-refractivity contribution in [3.63, 3.8) is 0 Å². The van der Waals surface area contributed by atoms with Gasteiger partial charge in [-0.25, -0.2) is 0 Å². The van der Waals surface area contributed by atoms with Gasteiger partial charge in [-0.1, -0.05) is 6.07 Å². The summed E-state index contributed by atoms with van der Waals surface area (Å²) in [5.74, 6) is -5.15. The van der Waals surface area contributed by atoms with Crippen LogP contribution in [-0.4, -0.2) is 47.8 Å². The summed E-state index contributed by atoms with van der Waals surface area (Å²) in [5.41, 5.74) is 2.12. The number of likely N-dealkylation sites (tertiary alicyclic amines) is 1. The molecule has 0 bridgehead atoms. The second-order valence-electron chi connectivity index (χ2n) is 6.24. The fourth-order valence-corrected chi connectivity index (χ4v) is 2.81. The van der Waals surface area contributed by atoms with Crippen molar-refractivity contribution in [1.82, 2.24) is 4.90 Å². The van der Waals surface area contributed by atoms with Crippen LogP contribution < -0.4 is 4.74 Å². The topological polar surface area (TPSA) is 66.8 Å². The highest BCUT2D eigenvalue weighted by atomic mass is 19.4. The van der Waals surface area contributed by atoms with Gasteiger partial charge >= 0.3 is 12.1 Å². The van der Waals surface area contributed by atoms with Crippen LogP contribution in [0.3, 0.4) is 0 Å². The molecule has 25 heavy (non-hydrogen) atoms. The van der Waals surface area contributed by atoms with Gasteiger partial charge in [0, 0.05) is 13.1 Å². The first kappa shape index (κ1) is 19.1. The summed E-state index contributed by atoms with van der Waals surface area (Å²) < 4.78 is 44.2. The number of amides is 1. The largest absolute Gasteiger partial charge is 0.493 e. The smallest absolute Gasteiger partial charge is 0.394 e. The number of rotatable bonds is 5. The standard InChI is InChI=1S/C17H20F3NO4/c1-10-3-4-12(7-11(10)2)25-6-5-15(22)21-8-13(16(23)24)14(9-21)17(18,19)20/h3-4,7,13-14H,5-6,8-9H2,1-2H3,(H,23,24)/t13-,14-/m1/s1. The molecule has 1 aromatic carbocycles. The average molecular weight is 359 g/mol. The molecular weight excluding hydrogens is 339 g/mol. The maximum absolute atomic E-state index is 12.9. The lowest BCUT2D eigenvalue weighted by molar-refractivity contribution is -0.188. The summed E-state index contributed by atoms with van der Waals surface area (Å²) in [5, 5.41) is 8.96. The number of carbonyl (C=O) groups is 2. The van der Waals surface area contributed by atoms with Gasteiger partial charge in [-0.3, -0.25) is 9.59 Å². The minimum Gasteiger partial charge on any atom is -0.493 e. The Balaban J connectivity index is 1.90. The molecule has 1 heterocycles. The summed E-state index contributed by atoms with van der Waals surface area (Å²) in [4.78, 5) is 24.1. The van der Waals surface area contributed by atoms with Crippen molar-refractivity contribution in [2.75, 3.05) is 19.7 Å². The van der Waals surface area contributed by atoms with Gasteiger partial charge in [0.1, 0.15) is 5.75 Å². The van der Waals surface area contributed by atoms with Crippen LogP contribution in [0, 0.1) is 25.7 Å². The fraction of sp³-hybridized carbons (Fsp3) is 0.529. The molecule has 0 radical (unpaired) electrons. The van der Waals surface area contributed by atoms with E-state index in [1.54, 1.807) is 6.07 Å². The van der Waals surface area contributed by atoms with E-state index >= 15 is 0 Å². The number of aliphatic carboxylic acids is 1. The van der Waals surface area contributed by atoms with E-state index in [0.29, 0.717) is 5.75 Å². The zero-order valence-corrected chi connectivity index (χ0v) is 14.0. The highest BCUT2D eigenvalue weighted by Gasteiger charge is 2.53. The van der Waals surface area contributed by atoms with Gasteiger partial charge in [-0.15, -0.1) is 0 Å². The van der Waals surface area contributed by atoms with E-state index in [1.807, 2.05) is 26.0 Å². The monoisotopic (exact) mass is 359 g/mol. The first-order valence-electron chi connectivity index (χ1n) is 7.87. The van der Waals surface area contributed by atoms with E-state index < -0.39 is 43.0 Å². The second kappa shape index (κ2) is 7.33. The molecule has 138 valence electrons. The minimum absolute atomic E-state index is 0.0201. The zero-order chi connectivity index (χ0) is 18.8. The molecule has 0 unspecified atom stereocenters. The Morgan fingerprint density at radius 2 is 1.92 bits per heavy atom. The van der Waals surface area contributed by atoms with Crippen LogP contribution in [0.5, 0.6) is 5.75 Å². The summed E-state index contributed by atoms with van der Waals surface area (Å²) in [6, 6.07) is 5.44. The molecule has 1 aliphatic heterocycles. The lowest BCUT2D eigenvalue weighted by atomic mass is 9.96. The van der Waals surface area contributed by atoms with Crippen molar-refractivity contribution in [3.8, 4) is 5.75 Å². The molecule has 5 nitrogen and oxygen atoms in total. The molecule has 2 atom stereocenters. The van der Waals surface area contributed by atoms with Crippen molar-refractivity contribution in [2.45, 2.75) is 26.4 Å². The van der Waals surface area contributed by atoms with Crippen molar-refractivity contribution < 1.29 is 32.6 Å². The van der Waals surface area contributed by atoms with Crippen molar-refractivity contribution >= 4 is 11.9 Å². The number of carbonyl (C=O) groups excluding carboxylic acids is 1. The molecule has 1 fully saturated rings. The predicted octanol–water partition coefficient (Wildman–Crippen LogP) is 2.79. The number of alkyl halides is 3. The highest BCUT2D eigenvalue weighted by Crippen LogP contribution is 2.37. The molecule has 0 aliphatic carbocycles. The number of benzene rings is 1. The first-order valence-corrected chi connectivity index (χ1v) is 7.87. The van der Waals surface area contributed by atoms with Crippen molar-refractivity contribution in [3.05, 3.63) is 29.3 Å². The van der Waals surface area contributed by atoms with Gasteiger partial charge in [-0.2, -0.15) is 13.2 Å². The van der Waals surface area contributed by atoms with Gasteiger partial charge in [-0.05, 0) is 37.1 Å². The van der Waals surface area contributed by atoms with E-state index in [9.17, 15) is 22.8 Å². The second-order valence-corrected chi connectivity index (χ2v) is 6.24. The molecule has 1 aromatic rings. The van der Waals surface area contributed by atoms with Crippen LogP contribution in [-0.2, 0) is 9.59 Å². The highest BCUT2D eigenvalue weighted by molar-refractivity contribution is 5.79. The molecular formula is C17H20F3NO4. The van der Waals surface area contributed by atoms with Crippen LogP contribution in [0.15, 0.2) is 18.2 Å². The molecule has 8 heteroatoms. The van der Waals surface area contributed by atoms with E-state index in [0.717, 1.165) is 16.0 Å². The van der Waals surface area contributed by atoms with Crippen LogP contribution >= 0.6 is 0 Å².